The van der Waals surface area contributed by atoms with Crippen LogP contribution >= 0.6 is 11.3 Å². The SMILES string of the molecule is COC(=O)C1CCCc2sccc2C1O. The van der Waals surface area contributed by atoms with Crippen molar-refractivity contribution in [3.63, 3.8) is 0 Å². The molecule has 1 heterocycles. The van der Waals surface area contributed by atoms with Crippen molar-refractivity contribution in [1.29, 1.82) is 0 Å². The largest absolute Gasteiger partial charge is 0.469 e. The van der Waals surface area contributed by atoms with Crippen molar-refractivity contribution in [1.82, 2.24) is 0 Å². The monoisotopic (exact) mass is 226 g/mol. The average molecular weight is 226 g/mol. The lowest BCUT2D eigenvalue weighted by Gasteiger charge is -2.17. The number of fused-ring (bicyclic) bond motifs is 1. The Balaban J connectivity index is 2.28. The fraction of sp³-hybridized carbons (Fsp3) is 0.545. The zero-order valence-corrected chi connectivity index (χ0v) is 9.42. The number of carbonyl (C=O) groups excluding carboxylic acids is 1. The number of aliphatic hydroxyl groups is 1. The van der Waals surface area contributed by atoms with Gasteiger partial charge in [0.15, 0.2) is 0 Å². The van der Waals surface area contributed by atoms with E-state index in [0.717, 1.165) is 18.4 Å². The molecule has 1 N–H and O–H groups in total. The van der Waals surface area contributed by atoms with Gasteiger partial charge in [-0.25, -0.2) is 0 Å². The number of rotatable bonds is 1. The van der Waals surface area contributed by atoms with Gasteiger partial charge in [-0.3, -0.25) is 4.79 Å². The Morgan fingerprint density at radius 2 is 2.47 bits per heavy atom. The van der Waals surface area contributed by atoms with Crippen LogP contribution in [0.25, 0.3) is 0 Å². The summed E-state index contributed by atoms with van der Waals surface area (Å²) in [6.07, 6.45) is 1.90. The molecule has 0 spiro atoms. The molecule has 1 aromatic rings. The van der Waals surface area contributed by atoms with Gasteiger partial charge in [0.05, 0.1) is 19.1 Å². The first-order valence-corrected chi connectivity index (χ1v) is 5.94. The second kappa shape index (κ2) is 4.33. The number of ether oxygens (including phenoxy) is 1. The summed E-state index contributed by atoms with van der Waals surface area (Å²) in [5.41, 5.74) is 0.910. The summed E-state index contributed by atoms with van der Waals surface area (Å²) in [4.78, 5) is 12.7. The van der Waals surface area contributed by atoms with Gasteiger partial charge in [-0.05, 0) is 36.3 Å². The molecular weight excluding hydrogens is 212 g/mol. The molecule has 15 heavy (non-hydrogen) atoms. The third-order valence-corrected chi connectivity index (χ3v) is 3.90. The molecular formula is C11H14O3S. The predicted octanol–water partition coefficient (Wildman–Crippen LogP) is 1.91. The lowest BCUT2D eigenvalue weighted by atomic mass is 9.95. The lowest BCUT2D eigenvalue weighted by molar-refractivity contribution is -0.149. The number of aryl methyl sites for hydroxylation is 1. The van der Waals surface area contributed by atoms with E-state index in [1.165, 1.54) is 12.0 Å². The Kier molecular flexibility index (Phi) is 3.07. The number of aliphatic hydroxyl groups excluding tert-OH is 1. The first-order chi connectivity index (χ1) is 7.24. The molecule has 1 aromatic heterocycles. The Hall–Kier alpha value is -0.870. The van der Waals surface area contributed by atoms with Gasteiger partial charge < -0.3 is 9.84 Å². The fourth-order valence-electron chi connectivity index (χ4n) is 2.07. The molecule has 1 aliphatic rings. The normalized spacial score (nSPS) is 25.5. The van der Waals surface area contributed by atoms with Gasteiger partial charge in [0.1, 0.15) is 0 Å². The van der Waals surface area contributed by atoms with Crippen LogP contribution in [0.4, 0.5) is 0 Å². The maximum absolute atomic E-state index is 11.5. The topological polar surface area (TPSA) is 46.5 Å². The average Bonchev–Trinajstić information content (AvgIpc) is 2.65. The molecule has 0 fully saturated rings. The second-order valence-electron chi connectivity index (χ2n) is 3.77. The van der Waals surface area contributed by atoms with E-state index in [-0.39, 0.29) is 5.97 Å². The van der Waals surface area contributed by atoms with Crippen molar-refractivity contribution in [2.45, 2.75) is 25.4 Å². The highest BCUT2D eigenvalue weighted by molar-refractivity contribution is 7.10. The smallest absolute Gasteiger partial charge is 0.311 e. The van der Waals surface area contributed by atoms with Crippen LogP contribution in [0.5, 0.6) is 0 Å². The van der Waals surface area contributed by atoms with E-state index in [0.29, 0.717) is 6.42 Å². The number of methoxy groups -OCH3 is 1. The Morgan fingerprint density at radius 1 is 1.67 bits per heavy atom. The van der Waals surface area contributed by atoms with Crippen LogP contribution in [-0.2, 0) is 16.0 Å². The van der Waals surface area contributed by atoms with E-state index in [1.54, 1.807) is 11.3 Å². The van der Waals surface area contributed by atoms with Gasteiger partial charge in [0, 0.05) is 4.88 Å². The number of hydrogen-bond donors (Lipinski definition) is 1. The molecule has 0 amide bonds. The van der Waals surface area contributed by atoms with Gasteiger partial charge in [0.25, 0.3) is 0 Å². The summed E-state index contributed by atoms with van der Waals surface area (Å²) < 4.78 is 4.71. The van der Waals surface area contributed by atoms with E-state index in [1.807, 2.05) is 11.4 Å². The van der Waals surface area contributed by atoms with Crippen LogP contribution in [0.3, 0.4) is 0 Å². The van der Waals surface area contributed by atoms with Gasteiger partial charge in [-0.1, -0.05) is 0 Å². The second-order valence-corrected chi connectivity index (χ2v) is 4.77. The standard InChI is InChI=1S/C11H14O3S/c1-14-11(13)8-3-2-4-9-7(10(8)12)5-6-15-9/h5-6,8,10,12H,2-4H2,1H3. The Bertz CT molecular complexity index is 358. The van der Waals surface area contributed by atoms with Gasteiger partial charge >= 0.3 is 5.97 Å². The van der Waals surface area contributed by atoms with E-state index in [9.17, 15) is 9.90 Å². The highest BCUT2D eigenvalue weighted by Gasteiger charge is 2.32. The molecule has 4 heteroatoms. The zero-order chi connectivity index (χ0) is 10.8. The van der Waals surface area contributed by atoms with Crippen LogP contribution in [0.1, 0.15) is 29.4 Å². The van der Waals surface area contributed by atoms with E-state index in [2.05, 4.69) is 0 Å². The highest BCUT2D eigenvalue weighted by atomic mass is 32.1. The molecule has 0 aliphatic heterocycles. The minimum absolute atomic E-state index is 0.304. The Labute approximate surface area is 92.7 Å². The van der Waals surface area contributed by atoms with Gasteiger partial charge in [-0.2, -0.15) is 0 Å². The third kappa shape index (κ3) is 1.92. The molecule has 1 aliphatic carbocycles. The van der Waals surface area contributed by atoms with Crippen LogP contribution < -0.4 is 0 Å². The molecule has 2 unspecified atom stereocenters. The fourth-order valence-corrected chi connectivity index (χ4v) is 3.04. The molecule has 0 radical (unpaired) electrons. The summed E-state index contributed by atoms with van der Waals surface area (Å²) in [7, 11) is 1.37. The molecule has 0 saturated heterocycles. The highest BCUT2D eigenvalue weighted by Crippen LogP contribution is 2.36. The molecule has 0 aromatic carbocycles. The molecule has 0 bridgehead atoms. The number of hydrogen-bond acceptors (Lipinski definition) is 4. The third-order valence-electron chi connectivity index (χ3n) is 2.90. The minimum Gasteiger partial charge on any atom is -0.469 e. The summed E-state index contributed by atoms with van der Waals surface area (Å²) in [6, 6.07) is 1.91. The van der Waals surface area contributed by atoms with Crippen LogP contribution in [-0.4, -0.2) is 18.2 Å². The summed E-state index contributed by atoms with van der Waals surface area (Å²) in [5, 5.41) is 12.1. The molecule has 0 saturated carbocycles. The first kappa shape index (κ1) is 10.6. The van der Waals surface area contributed by atoms with Crippen molar-refractivity contribution in [3.8, 4) is 0 Å². The maximum atomic E-state index is 11.5. The van der Waals surface area contributed by atoms with Crippen LogP contribution in [0.15, 0.2) is 11.4 Å². The van der Waals surface area contributed by atoms with Crippen molar-refractivity contribution in [2.24, 2.45) is 5.92 Å². The van der Waals surface area contributed by atoms with E-state index < -0.39 is 12.0 Å². The predicted molar refractivity (Wildman–Crippen MR) is 57.7 cm³/mol. The number of carbonyl (C=O) groups is 1. The molecule has 2 atom stereocenters. The van der Waals surface area contributed by atoms with Crippen molar-refractivity contribution in [2.75, 3.05) is 7.11 Å². The zero-order valence-electron chi connectivity index (χ0n) is 8.60. The molecule has 3 nitrogen and oxygen atoms in total. The van der Waals surface area contributed by atoms with Gasteiger partial charge in [0.2, 0.25) is 0 Å². The Morgan fingerprint density at radius 3 is 3.20 bits per heavy atom. The summed E-state index contributed by atoms with van der Waals surface area (Å²) in [5.74, 6) is -0.701. The van der Waals surface area contributed by atoms with E-state index in [4.69, 9.17) is 4.74 Å². The minimum atomic E-state index is -0.693. The number of thiophene rings is 1. The van der Waals surface area contributed by atoms with Crippen molar-refractivity contribution in [3.05, 3.63) is 21.9 Å². The number of esters is 1. The maximum Gasteiger partial charge on any atom is 0.311 e. The van der Waals surface area contributed by atoms with Gasteiger partial charge in [-0.15, -0.1) is 11.3 Å². The van der Waals surface area contributed by atoms with Crippen LogP contribution in [0.2, 0.25) is 0 Å². The quantitative estimate of drug-likeness (QED) is 0.587. The van der Waals surface area contributed by atoms with Crippen LogP contribution in [0, 0.1) is 5.92 Å². The first-order valence-electron chi connectivity index (χ1n) is 5.06. The molecule has 2 rings (SSSR count). The van der Waals surface area contributed by atoms with E-state index >= 15 is 0 Å². The summed E-state index contributed by atoms with van der Waals surface area (Å²) in [6.45, 7) is 0. The molecule has 82 valence electrons. The summed E-state index contributed by atoms with van der Waals surface area (Å²) >= 11 is 1.65. The lowest BCUT2D eigenvalue weighted by Crippen LogP contribution is -2.22. The van der Waals surface area contributed by atoms with Crippen molar-refractivity contribution < 1.29 is 14.6 Å². The van der Waals surface area contributed by atoms with Crippen molar-refractivity contribution >= 4 is 17.3 Å².